The Balaban J connectivity index is 1.43. The lowest BCUT2D eigenvalue weighted by Crippen LogP contribution is -2.34. The molecule has 0 amide bonds. The Hall–Kier alpha value is -3.59. The molecule has 0 radical (unpaired) electrons. The van der Waals surface area contributed by atoms with Crippen LogP contribution in [0.4, 0.5) is 16.0 Å². The number of hydrogen-bond acceptors (Lipinski definition) is 7. The van der Waals surface area contributed by atoms with Crippen molar-refractivity contribution in [3.8, 4) is 11.6 Å². The molecule has 3 heterocycles. The molecule has 3 aromatic rings. The topological polar surface area (TPSA) is 84.6 Å². The second kappa shape index (κ2) is 9.72. The third-order valence-corrected chi connectivity index (χ3v) is 6.28. The van der Waals surface area contributed by atoms with Crippen molar-refractivity contribution in [2.24, 2.45) is 0 Å². The summed E-state index contributed by atoms with van der Waals surface area (Å²) in [7, 11) is 0. The van der Waals surface area contributed by atoms with Crippen LogP contribution in [0.3, 0.4) is 0 Å². The lowest BCUT2D eigenvalue weighted by Gasteiger charge is -2.31. The van der Waals surface area contributed by atoms with Crippen LogP contribution >= 0.6 is 0 Å². The summed E-state index contributed by atoms with van der Waals surface area (Å²) in [5.41, 5.74) is 2.83. The molecule has 1 fully saturated rings. The number of ether oxygens (including phenoxy) is 1. The Morgan fingerprint density at radius 1 is 1.03 bits per heavy atom. The van der Waals surface area contributed by atoms with Gasteiger partial charge in [0.15, 0.2) is 0 Å². The molecule has 0 saturated carbocycles. The summed E-state index contributed by atoms with van der Waals surface area (Å²) >= 11 is 0. The van der Waals surface area contributed by atoms with Crippen LogP contribution in [0.15, 0.2) is 48.5 Å². The van der Waals surface area contributed by atoms with E-state index in [9.17, 15) is 14.5 Å². The van der Waals surface area contributed by atoms with Crippen LogP contribution in [0.5, 0.6) is 11.6 Å². The van der Waals surface area contributed by atoms with E-state index in [4.69, 9.17) is 14.7 Å². The van der Waals surface area contributed by atoms with Crippen molar-refractivity contribution < 1.29 is 14.1 Å². The predicted octanol–water partition coefficient (Wildman–Crippen LogP) is 4.86. The Morgan fingerprint density at radius 2 is 1.82 bits per heavy atom. The Labute approximate surface area is 197 Å². The van der Waals surface area contributed by atoms with Crippen molar-refractivity contribution in [1.82, 2.24) is 14.9 Å². The fraction of sp³-hybridized carbons (Fsp3) is 0.360. The van der Waals surface area contributed by atoms with E-state index in [1.165, 1.54) is 24.6 Å². The number of nitrogens with zero attached hydrogens (tertiary/aromatic N) is 5. The number of non-ortho nitro benzene ring substituents is 1. The summed E-state index contributed by atoms with van der Waals surface area (Å²) < 4.78 is 19.6. The predicted molar refractivity (Wildman–Crippen MR) is 125 cm³/mol. The molecule has 2 aliphatic heterocycles. The summed E-state index contributed by atoms with van der Waals surface area (Å²) in [6.45, 7) is 3.77. The molecular weight excluding hydrogens is 437 g/mol. The van der Waals surface area contributed by atoms with Gasteiger partial charge in [0.05, 0.1) is 16.2 Å². The SMILES string of the molecule is O=[N+]([O-])c1cccc(CN2CCc3nc(N4CCCCC4)nc(Oc4ccc(F)cc4)c3C2)c1. The van der Waals surface area contributed by atoms with Crippen molar-refractivity contribution in [1.29, 1.82) is 0 Å². The zero-order valence-electron chi connectivity index (χ0n) is 18.8. The third kappa shape index (κ3) is 4.99. The average molecular weight is 464 g/mol. The van der Waals surface area contributed by atoms with Gasteiger partial charge in [0, 0.05) is 51.3 Å². The van der Waals surface area contributed by atoms with Gasteiger partial charge in [0.1, 0.15) is 11.6 Å². The molecule has 1 aromatic heterocycles. The standard InChI is InChI=1S/C25H26FN5O3/c26-19-7-9-21(10-8-19)34-24-22-17-29(16-18-5-4-6-20(15-18)31(32)33)14-11-23(22)27-25(28-24)30-12-2-1-3-13-30/h4-10,15H,1-3,11-14,16-17H2. The number of fused-ring (bicyclic) bond motifs is 1. The van der Waals surface area contributed by atoms with E-state index in [0.717, 1.165) is 55.7 Å². The van der Waals surface area contributed by atoms with Gasteiger partial charge in [0.2, 0.25) is 11.8 Å². The maximum absolute atomic E-state index is 13.4. The molecule has 0 N–H and O–H groups in total. The van der Waals surface area contributed by atoms with Gasteiger partial charge in [-0.1, -0.05) is 12.1 Å². The van der Waals surface area contributed by atoms with Crippen LogP contribution in [0.2, 0.25) is 0 Å². The highest BCUT2D eigenvalue weighted by atomic mass is 19.1. The highest BCUT2D eigenvalue weighted by molar-refractivity contribution is 5.44. The van der Waals surface area contributed by atoms with Gasteiger partial charge in [0.25, 0.3) is 5.69 Å². The van der Waals surface area contributed by atoms with Crippen LogP contribution in [-0.4, -0.2) is 39.4 Å². The Bertz CT molecular complexity index is 1180. The maximum atomic E-state index is 13.4. The Morgan fingerprint density at radius 3 is 2.59 bits per heavy atom. The second-order valence-electron chi connectivity index (χ2n) is 8.75. The minimum Gasteiger partial charge on any atom is -0.438 e. The summed E-state index contributed by atoms with van der Waals surface area (Å²) in [6, 6.07) is 12.6. The molecule has 2 aromatic carbocycles. The van der Waals surface area contributed by atoms with Crippen LogP contribution in [0, 0.1) is 15.9 Å². The zero-order valence-corrected chi connectivity index (χ0v) is 18.8. The Kier molecular flexibility index (Phi) is 6.35. The number of anilines is 1. The first-order valence-corrected chi connectivity index (χ1v) is 11.6. The third-order valence-electron chi connectivity index (χ3n) is 6.28. The molecule has 2 aliphatic rings. The van der Waals surface area contributed by atoms with Crippen LogP contribution in [0.25, 0.3) is 0 Å². The molecule has 5 rings (SSSR count). The molecule has 8 nitrogen and oxygen atoms in total. The van der Waals surface area contributed by atoms with E-state index in [1.807, 2.05) is 6.07 Å². The van der Waals surface area contributed by atoms with E-state index < -0.39 is 0 Å². The van der Waals surface area contributed by atoms with E-state index in [-0.39, 0.29) is 16.4 Å². The van der Waals surface area contributed by atoms with Gasteiger partial charge in [-0.25, -0.2) is 9.37 Å². The monoisotopic (exact) mass is 463 g/mol. The van der Waals surface area contributed by atoms with Crippen molar-refractivity contribution >= 4 is 11.6 Å². The normalized spacial score (nSPS) is 16.2. The van der Waals surface area contributed by atoms with Crippen LogP contribution < -0.4 is 9.64 Å². The van der Waals surface area contributed by atoms with E-state index in [1.54, 1.807) is 24.3 Å². The molecule has 0 aliphatic carbocycles. The van der Waals surface area contributed by atoms with Crippen LogP contribution in [0.1, 0.15) is 36.1 Å². The first-order valence-electron chi connectivity index (χ1n) is 11.6. The largest absolute Gasteiger partial charge is 0.438 e. The minimum atomic E-state index is -0.375. The van der Waals surface area contributed by atoms with E-state index in [2.05, 4.69) is 9.80 Å². The van der Waals surface area contributed by atoms with Gasteiger partial charge >= 0.3 is 0 Å². The zero-order chi connectivity index (χ0) is 23.5. The highest BCUT2D eigenvalue weighted by Crippen LogP contribution is 2.32. The summed E-state index contributed by atoms with van der Waals surface area (Å²) in [4.78, 5) is 24.9. The van der Waals surface area contributed by atoms with Gasteiger partial charge in [-0.05, 0) is 49.1 Å². The fourth-order valence-corrected chi connectivity index (χ4v) is 4.52. The molecular formula is C25H26FN5O3. The smallest absolute Gasteiger partial charge is 0.269 e. The highest BCUT2D eigenvalue weighted by Gasteiger charge is 2.26. The number of nitro benzene ring substituents is 1. The number of halogens is 1. The lowest BCUT2D eigenvalue weighted by atomic mass is 10.1. The molecule has 0 atom stereocenters. The van der Waals surface area contributed by atoms with E-state index >= 15 is 0 Å². The van der Waals surface area contributed by atoms with Crippen LogP contribution in [-0.2, 0) is 19.5 Å². The molecule has 0 bridgehead atoms. The molecule has 34 heavy (non-hydrogen) atoms. The number of rotatable bonds is 6. The number of benzene rings is 2. The van der Waals surface area contributed by atoms with Gasteiger partial charge in [-0.2, -0.15) is 4.98 Å². The van der Waals surface area contributed by atoms with Crippen molar-refractivity contribution in [2.75, 3.05) is 24.5 Å². The number of piperidine rings is 1. The maximum Gasteiger partial charge on any atom is 0.269 e. The van der Waals surface area contributed by atoms with Gasteiger partial charge in [-0.15, -0.1) is 0 Å². The van der Waals surface area contributed by atoms with Crippen molar-refractivity contribution in [2.45, 2.75) is 38.8 Å². The summed E-state index contributed by atoms with van der Waals surface area (Å²) in [5, 5.41) is 11.1. The second-order valence-corrected chi connectivity index (χ2v) is 8.75. The summed E-state index contributed by atoms with van der Waals surface area (Å²) in [6.07, 6.45) is 4.18. The average Bonchev–Trinajstić information content (AvgIpc) is 2.86. The van der Waals surface area contributed by atoms with Crippen molar-refractivity contribution in [3.05, 3.63) is 81.3 Å². The molecule has 1 saturated heterocycles. The van der Waals surface area contributed by atoms with Gasteiger partial charge < -0.3 is 9.64 Å². The lowest BCUT2D eigenvalue weighted by molar-refractivity contribution is -0.384. The quantitative estimate of drug-likeness (QED) is 0.381. The first-order chi connectivity index (χ1) is 16.5. The molecule has 0 spiro atoms. The fourth-order valence-electron chi connectivity index (χ4n) is 4.52. The van der Waals surface area contributed by atoms with Crippen molar-refractivity contribution in [3.63, 3.8) is 0 Å². The molecule has 0 unspecified atom stereocenters. The minimum absolute atomic E-state index is 0.0877. The number of hydrogen-bond donors (Lipinski definition) is 0. The van der Waals surface area contributed by atoms with Gasteiger partial charge in [-0.3, -0.25) is 15.0 Å². The molecule has 176 valence electrons. The van der Waals surface area contributed by atoms with E-state index in [0.29, 0.717) is 30.7 Å². The first kappa shape index (κ1) is 22.2. The number of nitro groups is 1. The summed E-state index contributed by atoms with van der Waals surface area (Å²) in [5.74, 6) is 1.36. The molecule has 9 heteroatoms. The number of aromatic nitrogens is 2.